The molecule has 5 nitrogen and oxygen atoms in total. The second-order valence-corrected chi connectivity index (χ2v) is 5.02. The number of nitrogens with two attached hydrogens (primary N) is 2. The van der Waals surface area contributed by atoms with Crippen molar-refractivity contribution in [3.05, 3.63) is 0 Å². The summed E-state index contributed by atoms with van der Waals surface area (Å²) in [7, 11) is 0. The van der Waals surface area contributed by atoms with Crippen molar-refractivity contribution in [2.24, 2.45) is 11.5 Å². The summed E-state index contributed by atoms with van der Waals surface area (Å²) >= 11 is 0. The molecule has 88 valence electrons. The van der Waals surface area contributed by atoms with Crippen LogP contribution >= 0.6 is 0 Å². The molecule has 1 amide bonds. The van der Waals surface area contributed by atoms with E-state index in [1.807, 2.05) is 20.8 Å². The molecule has 0 spiro atoms. The molecule has 15 heavy (non-hydrogen) atoms. The van der Waals surface area contributed by atoms with E-state index in [1.54, 1.807) is 0 Å². The Bertz CT molecular complexity index is 237. The zero-order valence-corrected chi connectivity index (χ0v) is 9.69. The minimum Gasteiger partial charge on any atom is -0.367 e. The van der Waals surface area contributed by atoms with Gasteiger partial charge in [0.15, 0.2) is 0 Å². The lowest BCUT2D eigenvalue weighted by Crippen LogP contribution is -2.56. The minimum absolute atomic E-state index is 0.0265. The highest BCUT2D eigenvalue weighted by Crippen LogP contribution is 2.13. The Kier molecular flexibility index (Phi) is 3.70. The topological polar surface area (TPSA) is 81.6 Å². The van der Waals surface area contributed by atoms with Crippen LogP contribution in [0.2, 0.25) is 0 Å². The van der Waals surface area contributed by atoms with Gasteiger partial charge in [-0.15, -0.1) is 0 Å². The zero-order chi connectivity index (χ0) is 11.6. The van der Waals surface area contributed by atoms with Gasteiger partial charge >= 0.3 is 0 Å². The molecular formula is C10H21N3O2. The lowest BCUT2D eigenvalue weighted by Gasteiger charge is -2.38. The van der Waals surface area contributed by atoms with Gasteiger partial charge in [0.25, 0.3) is 0 Å². The van der Waals surface area contributed by atoms with Gasteiger partial charge < -0.3 is 16.2 Å². The fourth-order valence-electron chi connectivity index (χ4n) is 1.90. The predicted molar refractivity (Wildman–Crippen MR) is 58.2 cm³/mol. The number of morpholine rings is 1. The first-order valence-electron chi connectivity index (χ1n) is 5.24. The third-order valence-electron chi connectivity index (χ3n) is 2.28. The van der Waals surface area contributed by atoms with Crippen molar-refractivity contribution in [2.45, 2.75) is 38.5 Å². The molecule has 1 unspecified atom stereocenters. The van der Waals surface area contributed by atoms with E-state index < -0.39 is 12.0 Å². The summed E-state index contributed by atoms with van der Waals surface area (Å²) in [6, 6.07) is 0. The predicted octanol–water partition coefficient (Wildman–Crippen LogP) is -0.702. The molecule has 4 N–H and O–H groups in total. The quantitative estimate of drug-likeness (QED) is 0.652. The van der Waals surface area contributed by atoms with Gasteiger partial charge in [-0.25, -0.2) is 0 Å². The zero-order valence-electron chi connectivity index (χ0n) is 9.69. The van der Waals surface area contributed by atoms with Crippen LogP contribution in [-0.4, -0.2) is 48.2 Å². The van der Waals surface area contributed by atoms with Crippen LogP contribution in [0.4, 0.5) is 0 Å². The van der Waals surface area contributed by atoms with Gasteiger partial charge in [0.2, 0.25) is 5.91 Å². The molecule has 0 radical (unpaired) electrons. The van der Waals surface area contributed by atoms with Gasteiger partial charge in [-0.2, -0.15) is 0 Å². The summed E-state index contributed by atoms with van der Waals surface area (Å²) in [6.07, 6.45) is -0.477. The van der Waals surface area contributed by atoms with E-state index in [2.05, 4.69) is 4.90 Å². The van der Waals surface area contributed by atoms with Gasteiger partial charge in [0.1, 0.15) is 6.10 Å². The Labute approximate surface area is 90.7 Å². The Morgan fingerprint density at radius 1 is 1.53 bits per heavy atom. The number of rotatable bonds is 3. The highest BCUT2D eigenvalue weighted by atomic mass is 16.5. The fourth-order valence-corrected chi connectivity index (χ4v) is 1.90. The average Bonchev–Trinajstić information content (AvgIpc) is 1.99. The molecule has 0 aromatic rings. The molecule has 1 heterocycles. The van der Waals surface area contributed by atoms with E-state index in [9.17, 15) is 4.79 Å². The van der Waals surface area contributed by atoms with E-state index in [0.29, 0.717) is 6.54 Å². The number of hydrogen-bond donors (Lipinski definition) is 2. The van der Waals surface area contributed by atoms with Crippen LogP contribution in [0.1, 0.15) is 20.8 Å². The van der Waals surface area contributed by atoms with Crippen LogP contribution in [0.3, 0.4) is 0 Å². The van der Waals surface area contributed by atoms with Crippen LogP contribution in [-0.2, 0) is 9.53 Å². The Balaban J connectivity index is 2.56. The Hall–Kier alpha value is -0.650. The van der Waals surface area contributed by atoms with Crippen molar-refractivity contribution in [3.63, 3.8) is 0 Å². The number of amides is 1. The molecule has 0 saturated carbocycles. The largest absolute Gasteiger partial charge is 0.367 e. The molecule has 0 aromatic carbocycles. The average molecular weight is 215 g/mol. The smallest absolute Gasteiger partial charge is 0.247 e. The standard InChI is InChI=1S/C10H21N3O2/c1-7-4-13(6-10(2,3)12)5-8(15-7)9(11)14/h7-8H,4-6,12H2,1-3H3,(H2,11,14)/t7-,8?/m1/s1. The summed E-state index contributed by atoms with van der Waals surface area (Å²) in [5.74, 6) is -0.402. The summed E-state index contributed by atoms with van der Waals surface area (Å²) in [6.45, 7) is 7.94. The molecule has 1 aliphatic rings. The first-order valence-corrected chi connectivity index (χ1v) is 5.24. The number of carbonyl (C=O) groups is 1. The van der Waals surface area contributed by atoms with E-state index in [4.69, 9.17) is 16.2 Å². The third-order valence-corrected chi connectivity index (χ3v) is 2.28. The van der Waals surface area contributed by atoms with E-state index in [-0.39, 0.29) is 11.6 Å². The SMILES string of the molecule is C[C@@H]1CN(CC(C)(C)N)CC(C(N)=O)O1. The Morgan fingerprint density at radius 3 is 2.60 bits per heavy atom. The molecule has 1 rings (SSSR count). The van der Waals surface area contributed by atoms with Crippen molar-refractivity contribution < 1.29 is 9.53 Å². The van der Waals surface area contributed by atoms with E-state index in [0.717, 1.165) is 13.1 Å². The number of carbonyl (C=O) groups excluding carboxylic acids is 1. The first-order chi connectivity index (χ1) is 6.78. The second-order valence-electron chi connectivity index (χ2n) is 5.02. The normalized spacial score (nSPS) is 29.1. The number of ether oxygens (including phenoxy) is 1. The first kappa shape index (κ1) is 12.4. The van der Waals surface area contributed by atoms with Crippen molar-refractivity contribution in [1.82, 2.24) is 4.90 Å². The lowest BCUT2D eigenvalue weighted by molar-refractivity contribution is -0.142. The maximum atomic E-state index is 11.1. The maximum Gasteiger partial charge on any atom is 0.247 e. The summed E-state index contributed by atoms with van der Waals surface area (Å²) in [4.78, 5) is 13.2. The van der Waals surface area contributed by atoms with Gasteiger partial charge in [0.05, 0.1) is 6.10 Å². The highest BCUT2D eigenvalue weighted by Gasteiger charge is 2.30. The van der Waals surface area contributed by atoms with Crippen LogP contribution in [0.15, 0.2) is 0 Å². The Morgan fingerprint density at radius 2 is 2.13 bits per heavy atom. The third kappa shape index (κ3) is 4.15. The fraction of sp³-hybridized carbons (Fsp3) is 0.900. The number of primary amides is 1. The van der Waals surface area contributed by atoms with Crippen molar-refractivity contribution in [1.29, 1.82) is 0 Å². The van der Waals surface area contributed by atoms with Crippen molar-refractivity contribution in [2.75, 3.05) is 19.6 Å². The van der Waals surface area contributed by atoms with Gasteiger partial charge in [-0.05, 0) is 20.8 Å². The monoisotopic (exact) mass is 215 g/mol. The molecule has 1 aliphatic heterocycles. The summed E-state index contributed by atoms with van der Waals surface area (Å²) in [5.41, 5.74) is 10.9. The van der Waals surface area contributed by atoms with Crippen LogP contribution < -0.4 is 11.5 Å². The molecule has 1 saturated heterocycles. The minimum atomic E-state index is -0.504. The molecule has 0 bridgehead atoms. The van der Waals surface area contributed by atoms with Crippen LogP contribution in [0.5, 0.6) is 0 Å². The van der Waals surface area contributed by atoms with Crippen LogP contribution in [0, 0.1) is 0 Å². The molecular weight excluding hydrogens is 194 g/mol. The number of nitrogens with zero attached hydrogens (tertiary/aromatic N) is 1. The van der Waals surface area contributed by atoms with E-state index in [1.165, 1.54) is 0 Å². The molecule has 0 aromatic heterocycles. The summed E-state index contributed by atoms with van der Waals surface area (Å²) < 4.78 is 5.44. The van der Waals surface area contributed by atoms with E-state index >= 15 is 0 Å². The molecule has 1 fully saturated rings. The molecule has 0 aliphatic carbocycles. The van der Waals surface area contributed by atoms with Gasteiger partial charge in [0, 0.05) is 25.2 Å². The van der Waals surface area contributed by atoms with Crippen molar-refractivity contribution in [3.8, 4) is 0 Å². The molecule has 2 atom stereocenters. The lowest BCUT2D eigenvalue weighted by atomic mass is 10.1. The summed E-state index contributed by atoms with van der Waals surface area (Å²) in [5, 5.41) is 0. The second kappa shape index (κ2) is 4.47. The van der Waals surface area contributed by atoms with Gasteiger partial charge in [-0.3, -0.25) is 9.69 Å². The highest BCUT2D eigenvalue weighted by molar-refractivity contribution is 5.79. The van der Waals surface area contributed by atoms with Crippen molar-refractivity contribution >= 4 is 5.91 Å². The maximum absolute atomic E-state index is 11.1. The number of hydrogen-bond acceptors (Lipinski definition) is 4. The van der Waals surface area contributed by atoms with Gasteiger partial charge in [-0.1, -0.05) is 0 Å². The molecule has 5 heteroatoms. The van der Waals surface area contributed by atoms with Crippen LogP contribution in [0.25, 0.3) is 0 Å².